The Kier molecular flexibility index (Phi) is 6.31. The number of nitro groups is 1. The Morgan fingerprint density at radius 1 is 1.16 bits per heavy atom. The van der Waals surface area contributed by atoms with Gasteiger partial charge in [0.15, 0.2) is 0 Å². The van der Waals surface area contributed by atoms with Gasteiger partial charge in [-0.15, -0.1) is 0 Å². The number of morpholine rings is 1. The van der Waals surface area contributed by atoms with E-state index in [0.29, 0.717) is 37.6 Å². The quantitative estimate of drug-likeness (QED) is 0.398. The van der Waals surface area contributed by atoms with Gasteiger partial charge < -0.3 is 19.7 Å². The van der Waals surface area contributed by atoms with Gasteiger partial charge in [-0.2, -0.15) is 0 Å². The fraction of sp³-hybridized carbons (Fsp3) is 0.364. The topological polar surface area (TPSA) is 111 Å². The molecule has 9 nitrogen and oxygen atoms in total. The summed E-state index contributed by atoms with van der Waals surface area (Å²) in [5.41, 5.74) is 0.399. The fourth-order valence-corrected chi connectivity index (χ4v) is 3.46. The first-order valence-electron chi connectivity index (χ1n) is 10.3. The lowest BCUT2D eigenvalue weighted by atomic mass is 10.1. The number of benzene rings is 2. The summed E-state index contributed by atoms with van der Waals surface area (Å²) in [5.74, 6) is -1.90. The molecule has 1 amide bonds. The molecule has 0 radical (unpaired) electrons. The predicted molar refractivity (Wildman–Crippen MR) is 112 cm³/mol. The Balaban J connectivity index is 1.58. The van der Waals surface area contributed by atoms with E-state index < -0.39 is 28.7 Å². The van der Waals surface area contributed by atoms with Crippen LogP contribution >= 0.6 is 0 Å². The number of carbonyl (C=O) groups excluding carboxylic acids is 2. The molecule has 2 aromatic rings. The number of hydrogen-bond acceptors (Lipinski definition) is 7. The van der Waals surface area contributed by atoms with Crippen molar-refractivity contribution in [2.45, 2.75) is 25.0 Å². The molecule has 0 aromatic heterocycles. The molecule has 1 N–H and O–H groups in total. The molecule has 0 bridgehead atoms. The third-order valence-corrected chi connectivity index (χ3v) is 5.32. The molecule has 2 fully saturated rings. The van der Waals surface area contributed by atoms with Crippen LogP contribution in [0, 0.1) is 15.9 Å². The van der Waals surface area contributed by atoms with Crippen LogP contribution in [0.3, 0.4) is 0 Å². The molecular formula is C22H22FN3O6. The number of amides is 1. The van der Waals surface area contributed by atoms with Gasteiger partial charge in [0, 0.05) is 30.8 Å². The second kappa shape index (κ2) is 9.31. The molecule has 10 heteroatoms. The van der Waals surface area contributed by atoms with Crippen LogP contribution in [0.25, 0.3) is 0 Å². The first-order chi connectivity index (χ1) is 15.4. The smallest absolute Gasteiger partial charge is 0.339 e. The minimum Gasteiger partial charge on any atom is -0.444 e. The monoisotopic (exact) mass is 443 g/mol. The highest BCUT2D eigenvalue weighted by atomic mass is 19.1. The largest absolute Gasteiger partial charge is 0.444 e. The van der Waals surface area contributed by atoms with Crippen molar-refractivity contribution < 1.29 is 28.4 Å². The molecule has 1 heterocycles. The Morgan fingerprint density at radius 3 is 2.47 bits per heavy atom. The van der Waals surface area contributed by atoms with Crippen LogP contribution in [0.2, 0.25) is 0 Å². The molecule has 168 valence electrons. The maximum absolute atomic E-state index is 13.3. The van der Waals surface area contributed by atoms with Gasteiger partial charge in [-0.05, 0) is 37.1 Å². The van der Waals surface area contributed by atoms with Crippen molar-refractivity contribution in [2.75, 3.05) is 31.2 Å². The summed E-state index contributed by atoms with van der Waals surface area (Å²) < 4.78 is 24.1. The van der Waals surface area contributed by atoms with Crippen molar-refractivity contribution in [3.05, 3.63) is 69.5 Å². The number of anilines is 1. The van der Waals surface area contributed by atoms with Crippen molar-refractivity contribution in [3.63, 3.8) is 0 Å². The van der Waals surface area contributed by atoms with Crippen LogP contribution in [0.15, 0.2) is 42.5 Å². The summed E-state index contributed by atoms with van der Waals surface area (Å²) in [6.45, 7) is 1.91. The van der Waals surface area contributed by atoms with E-state index in [4.69, 9.17) is 9.47 Å². The third kappa shape index (κ3) is 5.02. The van der Waals surface area contributed by atoms with Crippen LogP contribution < -0.4 is 10.2 Å². The minimum atomic E-state index is -1.30. The predicted octanol–water partition coefficient (Wildman–Crippen LogP) is 2.75. The van der Waals surface area contributed by atoms with Crippen LogP contribution in [0.5, 0.6) is 0 Å². The number of esters is 1. The number of nitrogens with zero attached hydrogens (tertiary/aromatic N) is 2. The number of carbonyl (C=O) groups is 2. The second-order valence-corrected chi connectivity index (χ2v) is 7.68. The maximum Gasteiger partial charge on any atom is 0.339 e. The van der Waals surface area contributed by atoms with Crippen LogP contribution in [-0.2, 0) is 14.3 Å². The van der Waals surface area contributed by atoms with Crippen LogP contribution in [0.1, 0.15) is 34.9 Å². The van der Waals surface area contributed by atoms with Crippen molar-refractivity contribution in [2.24, 2.45) is 0 Å². The normalized spacial score (nSPS) is 16.8. The average Bonchev–Trinajstić information content (AvgIpc) is 3.62. The number of ether oxygens (including phenoxy) is 2. The number of hydrogen-bond donors (Lipinski definition) is 1. The summed E-state index contributed by atoms with van der Waals surface area (Å²) in [6, 6.07) is 9.17. The van der Waals surface area contributed by atoms with E-state index in [2.05, 4.69) is 5.32 Å². The molecule has 1 aliphatic carbocycles. The maximum atomic E-state index is 13.3. The zero-order valence-corrected chi connectivity index (χ0v) is 17.2. The molecule has 1 unspecified atom stereocenters. The molecule has 1 saturated carbocycles. The molecule has 4 rings (SSSR count). The van der Waals surface area contributed by atoms with Gasteiger partial charge in [0.05, 0.1) is 23.7 Å². The van der Waals surface area contributed by atoms with Gasteiger partial charge in [-0.25, -0.2) is 9.18 Å². The van der Waals surface area contributed by atoms with E-state index in [1.54, 1.807) is 0 Å². The van der Waals surface area contributed by atoms with Gasteiger partial charge in [0.2, 0.25) is 6.10 Å². The highest BCUT2D eigenvalue weighted by Gasteiger charge is 2.32. The van der Waals surface area contributed by atoms with Gasteiger partial charge in [-0.3, -0.25) is 14.9 Å². The zero-order chi connectivity index (χ0) is 22.7. The molecule has 0 spiro atoms. The standard InChI is InChI=1S/C22H22FN3O6/c23-16-4-1-14(2-5-16)20(21(27)24-17-6-7-17)32-22(28)15-3-8-18(19(13-15)26(29)30)25-9-11-31-12-10-25/h1-5,8,13,17,20H,6-7,9-12H2,(H,24,27). The molecule has 2 aliphatic rings. The van der Waals surface area contributed by atoms with E-state index in [0.717, 1.165) is 18.9 Å². The SMILES string of the molecule is O=C(OC(C(=O)NC1CC1)c1ccc(F)cc1)c1ccc(N2CCOCC2)c([N+](=O)[O-])c1. The van der Waals surface area contributed by atoms with Gasteiger partial charge in [0.25, 0.3) is 11.6 Å². The lowest BCUT2D eigenvalue weighted by Gasteiger charge is -2.28. The number of rotatable bonds is 7. The summed E-state index contributed by atoms with van der Waals surface area (Å²) >= 11 is 0. The molecule has 1 aliphatic heterocycles. The number of halogens is 1. The minimum absolute atomic E-state index is 0.0260. The summed E-state index contributed by atoms with van der Waals surface area (Å²) in [4.78, 5) is 38.4. The Hall–Kier alpha value is -3.53. The molecule has 1 atom stereocenters. The highest BCUT2D eigenvalue weighted by molar-refractivity contribution is 5.94. The van der Waals surface area contributed by atoms with Gasteiger partial charge in [-0.1, -0.05) is 12.1 Å². The average molecular weight is 443 g/mol. The van der Waals surface area contributed by atoms with Crippen LogP contribution in [0.4, 0.5) is 15.8 Å². The number of nitrogens with one attached hydrogen (secondary N) is 1. The third-order valence-electron chi connectivity index (χ3n) is 5.32. The highest BCUT2D eigenvalue weighted by Crippen LogP contribution is 2.31. The lowest BCUT2D eigenvalue weighted by molar-refractivity contribution is -0.384. The van der Waals surface area contributed by atoms with E-state index in [1.165, 1.54) is 36.4 Å². The first kappa shape index (κ1) is 21.7. The van der Waals surface area contributed by atoms with E-state index in [-0.39, 0.29) is 17.3 Å². The summed E-state index contributed by atoms with van der Waals surface area (Å²) in [5, 5.41) is 14.4. The molecule has 1 saturated heterocycles. The Morgan fingerprint density at radius 2 is 1.84 bits per heavy atom. The van der Waals surface area contributed by atoms with Gasteiger partial charge >= 0.3 is 5.97 Å². The van der Waals surface area contributed by atoms with Crippen LogP contribution in [-0.4, -0.2) is 49.1 Å². The van der Waals surface area contributed by atoms with E-state index >= 15 is 0 Å². The Bertz CT molecular complexity index is 1020. The summed E-state index contributed by atoms with van der Waals surface area (Å²) in [6.07, 6.45) is 0.373. The second-order valence-electron chi connectivity index (χ2n) is 7.68. The zero-order valence-electron chi connectivity index (χ0n) is 17.2. The molecular weight excluding hydrogens is 421 g/mol. The van der Waals surface area contributed by atoms with Crippen molar-refractivity contribution in [3.8, 4) is 0 Å². The molecule has 2 aromatic carbocycles. The van der Waals surface area contributed by atoms with Crippen molar-refractivity contribution in [1.29, 1.82) is 0 Å². The van der Waals surface area contributed by atoms with Crippen molar-refractivity contribution in [1.82, 2.24) is 5.32 Å². The molecule has 32 heavy (non-hydrogen) atoms. The number of nitro benzene ring substituents is 1. The van der Waals surface area contributed by atoms with Crippen molar-refractivity contribution >= 4 is 23.3 Å². The Labute approximate surface area is 183 Å². The van der Waals surface area contributed by atoms with E-state index in [9.17, 15) is 24.1 Å². The summed E-state index contributed by atoms with van der Waals surface area (Å²) in [7, 11) is 0. The van der Waals surface area contributed by atoms with Gasteiger partial charge in [0.1, 0.15) is 11.5 Å². The van der Waals surface area contributed by atoms with E-state index in [1.807, 2.05) is 4.90 Å². The lowest BCUT2D eigenvalue weighted by Crippen LogP contribution is -2.36. The first-order valence-corrected chi connectivity index (χ1v) is 10.3. The fourth-order valence-electron chi connectivity index (χ4n) is 3.46.